The molecule has 0 aromatic carbocycles. The molecule has 1 aliphatic carbocycles. The smallest absolute Gasteiger partial charge is 0.0693 e. The van der Waals surface area contributed by atoms with E-state index in [0.29, 0.717) is 0 Å². The van der Waals surface area contributed by atoms with Crippen LogP contribution in [0.25, 0.3) is 0 Å². The third-order valence-corrected chi connectivity index (χ3v) is 3.88. The predicted octanol–water partition coefficient (Wildman–Crippen LogP) is 1.43. The van der Waals surface area contributed by atoms with Crippen LogP contribution >= 0.6 is 0 Å². The molecular weight excluding hydrogens is 190 g/mol. The normalized spacial score (nSPS) is 28.0. The minimum Gasteiger partial charge on any atom is -0.394 e. The molecule has 0 saturated heterocycles. The summed E-state index contributed by atoms with van der Waals surface area (Å²) in [4.78, 5) is 0. The van der Waals surface area contributed by atoms with Gasteiger partial charge in [-0.3, -0.25) is 0 Å². The molecule has 0 aliphatic heterocycles. The fourth-order valence-electron chi connectivity index (χ4n) is 2.40. The summed E-state index contributed by atoms with van der Waals surface area (Å²) in [7, 11) is 0. The van der Waals surface area contributed by atoms with Crippen molar-refractivity contribution in [2.45, 2.75) is 70.1 Å². The van der Waals surface area contributed by atoms with Gasteiger partial charge < -0.3 is 15.5 Å². The number of aliphatic hydroxyl groups excluding tert-OH is 2. The topological polar surface area (TPSA) is 52.5 Å². The van der Waals surface area contributed by atoms with Gasteiger partial charge in [-0.25, -0.2) is 0 Å². The Balaban J connectivity index is 2.56. The molecule has 3 nitrogen and oxygen atoms in total. The van der Waals surface area contributed by atoms with Crippen LogP contribution in [0.4, 0.5) is 0 Å². The van der Waals surface area contributed by atoms with E-state index in [4.69, 9.17) is 0 Å². The summed E-state index contributed by atoms with van der Waals surface area (Å²) in [6.07, 6.45) is 5.82. The molecule has 0 amide bonds. The van der Waals surface area contributed by atoms with Gasteiger partial charge in [0.25, 0.3) is 0 Å². The van der Waals surface area contributed by atoms with E-state index >= 15 is 0 Å². The highest BCUT2D eigenvalue weighted by atomic mass is 16.3. The maximum absolute atomic E-state index is 9.87. The maximum Gasteiger partial charge on any atom is 0.0693 e. The van der Waals surface area contributed by atoms with E-state index < -0.39 is 0 Å². The Labute approximate surface area is 92.9 Å². The van der Waals surface area contributed by atoms with Gasteiger partial charge in [0.15, 0.2) is 0 Å². The Morgan fingerprint density at radius 1 is 1.20 bits per heavy atom. The summed E-state index contributed by atoms with van der Waals surface area (Å²) in [6, 6.07) is 0.172. The lowest BCUT2D eigenvalue weighted by molar-refractivity contribution is 0.0516. The SMILES string of the molecule is CCC(CC)(CO)N[C@H]1CCCC[C@@H]1O. The zero-order valence-electron chi connectivity index (χ0n) is 10.00. The first-order valence-electron chi connectivity index (χ1n) is 6.24. The van der Waals surface area contributed by atoms with Crippen molar-refractivity contribution in [1.82, 2.24) is 5.32 Å². The fourth-order valence-corrected chi connectivity index (χ4v) is 2.40. The quantitative estimate of drug-likeness (QED) is 0.650. The fraction of sp³-hybridized carbons (Fsp3) is 1.00. The molecule has 3 N–H and O–H groups in total. The molecule has 2 atom stereocenters. The molecular formula is C12H25NO2. The second-order valence-corrected chi connectivity index (χ2v) is 4.75. The molecule has 1 rings (SSSR count). The van der Waals surface area contributed by atoms with Crippen LogP contribution in [0, 0.1) is 0 Å². The van der Waals surface area contributed by atoms with Crippen LogP contribution in [0.3, 0.4) is 0 Å². The van der Waals surface area contributed by atoms with E-state index in [2.05, 4.69) is 19.2 Å². The molecule has 1 fully saturated rings. The molecule has 0 spiro atoms. The van der Waals surface area contributed by atoms with Crippen LogP contribution in [0.15, 0.2) is 0 Å². The maximum atomic E-state index is 9.87. The minimum absolute atomic E-state index is 0.156. The summed E-state index contributed by atoms with van der Waals surface area (Å²) in [6.45, 7) is 4.33. The summed E-state index contributed by atoms with van der Waals surface area (Å²) in [5, 5.41) is 22.8. The average molecular weight is 215 g/mol. The molecule has 0 unspecified atom stereocenters. The largest absolute Gasteiger partial charge is 0.394 e. The van der Waals surface area contributed by atoms with Crippen molar-refractivity contribution in [2.24, 2.45) is 0 Å². The van der Waals surface area contributed by atoms with Crippen molar-refractivity contribution >= 4 is 0 Å². The first kappa shape index (κ1) is 12.9. The van der Waals surface area contributed by atoms with Crippen molar-refractivity contribution in [3.63, 3.8) is 0 Å². The van der Waals surface area contributed by atoms with Crippen molar-refractivity contribution < 1.29 is 10.2 Å². The Morgan fingerprint density at radius 2 is 1.80 bits per heavy atom. The van der Waals surface area contributed by atoms with Gasteiger partial charge >= 0.3 is 0 Å². The molecule has 3 heteroatoms. The summed E-state index contributed by atoms with van der Waals surface area (Å²) >= 11 is 0. The first-order chi connectivity index (χ1) is 7.17. The Bertz CT molecular complexity index is 172. The van der Waals surface area contributed by atoms with Gasteiger partial charge in [0.05, 0.1) is 12.7 Å². The number of hydrogen-bond acceptors (Lipinski definition) is 3. The number of rotatable bonds is 5. The van der Waals surface area contributed by atoms with Crippen LogP contribution in [0.2, 0.25) is 0 Å². The lowest BCUT2D eigenvalue weighted by Crippen LogP contribution is -2.56. The summed E-state index contributed by atoms with van der Waals surface area (Å²) in [5.74, 6) is 0. The van der Waals surface area contributed by atoms with Crippen molar-refractivity contribution in [2.75, 3.05) is 6.61 Å². The third kappa shape index (κ3) is 3.16. The Kier molecular flexibility index (Phi) is 5.03. The van der Waals surface area contributed by atoms with Gasteiger partial charge in [-0.1, -0.05) is 26.7 Å². The molecule has 1 saturated carbocycles. The second kappa shape index (κ2) is 5.83. The van der Waals surface area contributed by atoms with Crippen LogP contribution in [-0.4, -0.2) is 34.5 Å². The van der Waals surface area contributed by atoms with Crippen LogP contribution < -0.4 is 5.32 Å². The highest BCUT2D eigenvalue weighted by molar-refractivity contribution is 4.92. The molecule has 0 radical (unpaired) electrons. The zero-order chi connectivity index (χ0) is 11.3. The number of aliphatic hydroxyl groups is 2. The van der Waals surface area contributed by atoms with E-state index in [-0.39, 0.29) is 24.3 Å². The highest BCUT2D eigenvalue weighted by Gasteiger charge is 2.32. The van der Waals surface area contributed by atoms with Gasteiger partial charge in [0.2, 0.25) is 0 Å². The Morgan fingerprint density at radius 3 is 2.27 bits per heavy atom. The first-order valence-corrected chi connectivity index (χ1v) is 6.24. The van der Waals surface area contributed by atoms with E-state index in [1.807, 2.05) is 0 Å². The van der Waals surface area contributed by atoms with Crippen LogP contribution in [0.5, 0.6) is 0 Å². The van der Waals surface area contributed by atoms with E-state index in [1.165, 1.54) is 6.42 Å². The van der Waals surface area contributed by atoms with Crippen molar-refractivity contribution in [3.8, 4) is 0 Å². The standard InChI is InChI=1S/C12H25NO2/c1-3-12(4-2,9-14)13-10-7-5-6-8-11(10)15/h10-11,13-15H,3-9H2,1-2H3/t10-,11-/m0/s1. The minimum atomic E-state index is -0.234. The molecule has 0 aromatic rings. The Hall–Kier alpha value is -0.120. The monoisotopic (exact) mass is 215 g/mol. The molecule has 15 heavy (non-hydrogen) atoms. The molecule has 1 aliphatic rings. The molecule has 0 aromatic heterocycles. The lowest BCUT2D eigenvalue weighted by atomic mass is 9.87. The molecule has 0 bridgehead atoms. The number of nitrogens with one attached hydrogen (secondary N) is 1. The predicted molar refractivity (Wildman–Crippen MR) is 61.8 cm³/mol. The molecule has 0 heterocycles. The lowest BCUT2D eigenvalue weighted by Gasteiger charge is -2.39. The van der Waals surface area contributed by atoms with Crippen molar-refractivity contribution in [3.05, 3.63) is 0 Å². The zero-order valence-corrected chi connectivity index (χ0v) is 10.00. The summed E-state index contributed by atoms with van der Waals surface area (Å²) < 4.78 is 0. The van der Waals surface area contributed by atoms with Crippen molar-refractivity contribution in [1.29, 1.82) is 0 Å². The van der Waals surface area contributed by atoms with Crippen LogP contribution in [0.1, 0.15) is 52.4 Å². The number of hydrogen-bond donors (Lipinski definition) is 3. The van der Waals surface area contributed by atoms with E-state index in [0.717, 1.165) is 32.1 Å². The summed E-state index contributed by atoms with van der Waals surface area (Å²) in [5.41, 5.74) is -0.191. The highest BCUT2D eigenvalue weighted by Crippen LogP contribution is 2.23. The van der Waals surface area contributed by atoms with Gasteiger partial charge in [-0.2, -0.15) is 0 Å². The van der Waals surface area contributed by atoms with Gasteiger partial charge in [0.1, 0.15) is 0 Å². The van der Waals surface area contributed by atoms with E-state index in [1.54, 1.807) is 0 Å². The van der Waals surface area contributed by atoms with E-state index in [9.17, 15) is 10.2 Å². The van der Waals surface area contributed by atoms with Crippen LogP contribution in [-0.2, 0) is 0 Å². The van der Waals surface area contributed by atoms with Gasteiger partial charge in [-0.05, 0) is 25.7 Å². The van der Waals surface area contributed by atoms with Gasteiger partial charge in [0, 0.05) is 11.6 Å². The van der Waals surface area contributed by atoms with Gasteiger partial charge in [-0.15, -0.1) is 0 Å². The average Bonchev–Trinajstić information content (AvgIpc) is 2.29. The third-order valence-electron chi connectivity index (χ3n) is 3.88. The molecule has 90 valence electrons. The second-order valence-electron chi connectivity index (χ2n) is 4.75.